The highest BCUT2D eigenvalue weighted by molar-refractivity contribution is 6.04. The number of carbonyl (C=O) groups is 1. The summed E-state index contributed by atoms with van der Waals surface area (Å²) in [5.74, 6) is 0.644. The topological polar surface area (TPSA) is 52.6 Å². The molecule has 0 aliphatic carbocycles. The number of hydrogen-bond acceptors (Lipinski definition) is 5. The molecule has 0 N–H and O–H groups in total. The number of anilines is 3. The summed E-state index contributed by atoms with van der Waals surface area (Å²) < 4.78 is 0. The average Bonchev–Trinajstić information content (AvgIpc) is 2.79. The number of benzene rings is 2. The Hall–Kier alpha value is -3.41. The molecule has 2 aromatic carbocycles. The minimum atomic E-state index is -0.167. The predicted molar refractivity (Wildman–Crippen MR) is 112 cm³/mol. The van der Waals surface area contributed by atoms with Crippen LogP contribution in [0.25, 0.3) is 0 Å². The maximum Gasteiger partial charge on any atom is 0.278 e. The molecule has 1 aliphatic heterocycles. The van der Waals surface area contributed by atoms with E-state index in [1.165, 1.54) is 5.69 Å². The van der Waals surface area contributed by atoms with Crippen molar-refractivity contribution in [2.24, 2.45) is 0 Å². The van der Waals surface area contributed by atoms with E-state index in [-0.39, 0.29) is 5.91 Å². The van der Waals surface area contributed by atoms with Crippen LogP contribution >= 0.6 is 0 Å². The molecule has 0 spiro atoms. The van der Waals surface area contributed by atoms with Crippen molar-refractivity contribution >= 4 is 23.1 Å². The molecule has 0 unspecified atom stereocenters. The summed E-state index contributed by atoms with van der Waals surface area (Å²) in [7, 11) is 1.75. The Bertz CT molecular complexity index is 907. The van der Waals surface area contributed by atoms with Gasteiger partial charge in [-0.25, -0.2) is 0 Å². The molecule has 6 nitrogen and oxygen atoms in total. The molecule has 2 heterocycles. The summed E-state index contributed by atoms with van der Waals surface area (Å²) in [4.78, 5) is 18.8. The number of amides is 1. The van der Waals surface area contributed by atoms with Crippen molar-refractivity contribution in [3.05, 3.63) is 78.5 Å². The largest absolute Gasteiger partial charge is 0.368 e. The standard InChI is InChI=1S/C22H23N5O/c1-25(18-8-4-2-5-9-18)22(28)20-12-13-21(24-23-20)27-16-14-26(15-17-27)19-10-6-3-7-11-19/h2-13H,14-17H2,1H3. The molecule has 0 bridgehead atoms. The molecule has 28 heavy (non-hydrogen) atoms. The highest BCUT2D eigenvalue weighted by Crippen LogP contribution is 2.19. The van der Waals surface area contributed by atoms with Gasteiger partial charge in [0.05, 0.1) is 0 Å². The molecule has 0 saturated carbocycles. The molecule has 1 saturated heterocycles. The van der Waals surface area contributed by atoms with Gasteiger partial charge in [-0.3, -0.25) is 4.79 Å². The van der Waals surface area contributed by atoms with Crippen molar-refractivity contribution in [2.75, 3.05) is 47.9 Å². The summed E-state index contributed by atoms with van der Waals surface area (Å²) in [5, 5.41) is 8.49. The first-order chi connectivity index (χ1) is 13.7. The molecule has 0 radical (unpaired) electrons. The summed E-state index contributed by atoms with van der Waals surface area (Å²) >= 11 is 0. The van der Waals surface area contributed by atoms with Crippen LogP contribution in [0, 0.1) is 0 Å². The first-order valence-corrected chi connectivity index (χ1v) is 9.44. The van der Waals surface area contributed by atoms with Crippen LogP contribution in [0.15, 0.2) is 72.8 Å². The summed E-state index contributed by atoms with van der Waals surface area (Å²) in [5.41, 5.74) is 2.42. The Morgan fingerprint density at radius 2 is 1.39 bits per heavy atom. The van der Waals surface area contributed by atoms with Crippen LogP contribution in [0.3, 0.4) is 0 Å². The number of nitrogens with zero attached hydrogens (tertiary/aromatic N) is 5. The number of carbonyl (C=O) groups excluding carboxylic acids is 1. The van der Waals surface area contributed by atoms with Crippen molar-refractivity contribution in [1.29, 1.82) is 0 Å². The molecule has 1 amide bonds. The molecule has 3 aromatic rings. The van der Waals surface area contributed by atoms with Crippen LogP contribution in [0.5, 0.6) is 0 Å². The summed E-state index contributed by atoms with van der Waals surface area (Å²) in [6, 6.07) is 23.6. The SMILES string of the molecule is CN(C(=O)c1ccc(N2CCN(c3ccccc3)CC2)nn1)c1ccccc1. The van der Waals surface area contributed by atoms with Crippen LogP contribution in [0.4, 0.5) is 17.2 Å². The van der Waals surface area contributed by atoms with E-state index in [1.807, 2.05) is 42.5 Å². The van der Waals surface area contributed by atoms with E-state index in [2.05, 4.69) is 44.3 Å². The van der Waals surface area contributed by atoms with E-state index >= 15 is 0 Å². The maximum atomic E-state index is 12.6. The van der Waals surface area contributed by atoms with Gasteiger partial charge in [0.25, 0.3) is 5.91 Å². The minimum Gasteiger partial charge on any atom is -0.368 e. The maximum absolute atomic E-state index is 12.6. The van der Waals surface area contributed by atoms with Crippen LogP contribution in [-0.2, 0) is 0 Å². The third-order valence-electron chi connectivity index (χ3n) is 5.04. The highest BCUT2D eigenvalue weighted by atomic mass is 16.2. The van der Waals surface area contributed by atoms with Crippen molar-refractivity contribution in [3.63, 3.8) is 0 Å². The number of para-hydroxylation sites is 2. The van der Waals surface area contributed by atoms with Crippen molar-refractivity contribution in [2.45, 2.75) is 0 Å². The van der Waals surface area contributed by atoms with Gasteiger partial charge >= 0.3 is 0 Å². The van der Waals surface area contributed by atoms with Gasteiger partial charge in [-0.15, -0.1) is 10.2 Å². The molecule has 4 rings (SSSR count). The Morgan fingerprint density at radius 1 is 0.786 bits per heavy atom. The lowest BCUT2D eigenvalue weighted by atomic mass is 10.2. The summed E-state index contributed by atoms with van der Waals surface area (Å²) in [6.07, 6.45) is 0. The highest BCUT2D eigenvalue weighted by Gasteiger charge is 2.20. The Balaban J connectivity index is 1.39. The molecule has 6 heteroatoms. The third kappa shape index (κ3) is 3.81. The van der Waals surface area contributed by atoms with Crippen molar-refractivity contribution in [1.82, 2.24) is 10.2 Å². The zero-order valence-corrected chi connectivity index (χ0v) is 15.9. The van der Waals surface area contributed by atoms with Crippen LogP contribution in [0.1, 0.15) is 10.5 Å². The minimum absolute atomic E-state index is 0.167. The van der Waals surface area contributed by atoms with E-state index in [9.17, 15) is 4.79 Å². The van der Waals surface area contributed by atoms with Crippen LogP contribution < -0.4 is 14.7 Å². The van der Waals surface area contributed by atoms with E-state index < -0.39 is 0 Å². The number of rotatable bonds is 4. The number of hydrogen-bond donors (Lipinski definition) is 0. The van der Waals surface area contributed by atoms with Gasteiger partial charge < -0.3 is 14.7 Å². The van der Waals surface area contributed by atoms with Crippen molar-refractivity contribution < 1.29 is 4.79 Å². The number of piperazine rings is 1. The Morgan fingerprint density at radius 3 is 2.00 bits per heavy atom. The van der Waals surface area contributed by atoms with Crippen LogP contribution in [-0.4, -0.2) is 49.3 Å². The van der Waals surface area contributed by atoms with E-state index in [0.29, 0.717) is 5.69 Å². The normalized spacial score (nSPS) is 14.0. The second-order valence-corrected chi connectivity index (χ2v) is 6.79. The van der Waals surface area contributed by atoms with Gasteiger partial charge in [0.15, 0.2) is 11.5 Å². The number of aromatic nitrogens is 2. The quantitative estimate of drug-likeness (QED) is 0.703. The lowest BCUT2D eigenvalue weighted by Crippen LogP contribution is -2.46. The fraction of sp³-hybridized carbons (Fsp3) is 0.227. The van der Waals surface area contributed by atoms with Gasteiger partial charge in [-0.05, 0) is 36.4 Å². The zero-order valence-electron chi connectivity index (χ0n) is 15.9. The fourth-order valence-electron chi connectivity index (χ4n) is 3.38. The molecule has 1 aromatic heterocycles. The summed E-state index contributed by atoms with van der Waals surface area (Å²) in [6.45, 7) is 3.62. The first-order valence-electron chi connectivity index (χ1n) is 9.44. The average molecular weight is 373 g/mol. The molecule has 1 aliphatic rings. The monoisotopic (exact) mass is 373 g/mol. The molecular formula is C22H23N5O. The van der Waals surface area contributed by atoms with Gasteiger partial charge in [0.2, 0.25) is 0 Å². The smallest absolute Gasteiger partial charge is 0.278 e. The third-order valence-corrected chi connectivity index (χ3v) is 5.04. The molecular weight excluding hydrogens is 350 g/mol. The van der Waals surface area contributed by atoms with Gasteiger partial charge in [-0.2, -0.15) is 0 Å². The fourth-order valence-corrected chi connectivity index (χ4v) is 3.38. The van der Waals surface area contributed by atoms with Crippen molar-refractivity contribution in [3.8, 4) is 0 Å². The molecule has 0 atom stereocenters. The van der Waals surface area contributed by atoms with Gasteiger partial charge in [0.1, 0.15) is 0 Å². The van der Waals surface area contributed by atoms with E-state index in [0.717, 1.165) is 37.7 Å². The zero-order chi connectivity index (χ0) is 19.3. The second-order valence-electron chi connectivity index (χ2n) is 6.79. The first kappa shape index (κ1) is 18.0. The van der Waals surface area contributed by atoms with E-state index in [4.69, 9.17) is 0 Å². The van der Waals surface area contributed by atoms with Gasteiger partial charge in [-0.1, -0.05) is 36.4 Å². The van der Waals surface area contributed by atoms with Gasteiger partial charge in [0, 0.05) is 44.6 Å². The Labute approximate surface area is 165 Å². The molecule has 142 valence electrons. The second kappa shape index (κ2) is 8.08. The Kier molecular flexibility index (Phi) is 5.19. The lowest BCUT2D eigenvalue weighted by Gasteiger charge is -2.36. The van der Waals surface area contributed by atoms with E-state index in [1.54, 1.807) is 18.0 Å². The lowest BCUT2D eigenvalue weighted by molar-refractivity contribution is 0.0987. The van der Waals surface area contributed by atoms with Crippen LogP contribution in [0.2, 0.25) is 0 Å². The molecule has 1 fully saturated rings. The predicted octanol–water partition coefficient (Wildman–Crippen LogP) is 3.08.